The molecule has 0 heterocycles. The van der Waals surface area contributed by atoms with E-state index in [1.165, 1.54) is 0 Å². The Morgan fingerprint density at radius 1 is 1.10 bits per heavy atom. The highest BCUT2D eigenvalue weighted by molar-refractivity contribution is 5.82. The van der Waals surface area contributed by atoms with Crippen molar-refractivity contribution in [1.29, 1.82) is 0 Å². The second-order valence-electron chi connectivity index (χ2n) is 4.75. The summed E-state index contributed by atoms with van der Waals surface area (Å²) in [4.78, 5) is 22.5. The van der Waals surface area contributed by atoms with Gasteiger partial charge >= 0.3 is 12.0 Å². The number of hydrogen-bond acceptors (Lipinski definition) is 3. The molecule has 0 fully saturated rings. The molecule has 0 saturated carbocycles. The van der Waals surface area contributed by atoms with Gasteiger partial charge in [0.1, 0.15) is 6.04 Å². The first-order valence-electron chi connectivity index (χ1n) is 7.46. The normalized spacial score (nSPS) is 11.9. The number of carbonyl (C=O) groups excluding carboxylic acids is 1. The molecule has 0 aromatic carbocycles. The third kappa shape index (κ3) is 10.6. The summed E-state index contributed by atoms with van der Waals surface area (Å²) in [5.74, 6) is -0.989. The van der Waals surface area contributed by atoms with Crippen molar-refractivity contribution in [3.05, 3.63) is 0 Å². The van der Waals surface area contributed by atoms with E-state index in [-0.39, 0.29) is 0 Å². The number of hydrogen-bond donors (Lipinski definition) is 3. The largest absolute Gasteiger partial charge is 0.480 e. The van der Waals surface area contributed by atoms with Crippen LogP contribution in [-0.2, 0) is 9.53 Å². The van der Waals surface area contributed by atoms with Crippen molar-refractivity contribution < 1.29 is 19.4 Å². The molecule has 0 aliphatic rings. The number of carboxylic acid groups (broad SMARTS) is 1. The van der Waals surface area contributed by atoms with E-state index in [0.29, 0.717) is 19.6 Å². The maximum absolute atomic E-state index is 11.5. The molecule has 118 valence electrons. The maximum Gasteiger partial charge on any atom is 0.326 e. The molecule has 0 aliphatic heterocycles. The third-order valence-corrected chi connectivity index (χ3v) is 2.84. The highest BCUT2D eigenvalue weighted by Crippen LogP contribution is 2.00. The molecule has 1 unspecified atom stereocenters. The van der Waals surface area contributed by atoms with Crippen LogP contribution < -0.4 is 10.6 Å². The van der Waals surface area contributed by atoms with Crippen LogP contribution in [0.1, 0.15) is 52.4 Å². The molecule has 0 spiro atoms. The fourth-order valence-corrected chi connectivity index (χ4v) is 1.60. The van der Waals surface area contributed by atoms with E-state index >= 15 is 0 Å². The lowest BCUT2D eigenvalue weighted by molar-refractivity contribution is -0.139. The van der Waals surface area contributed by atoms with E-state index in [4.69, 9.17) is 9.84 Å². The fourth-order valence-electron chi connectivity index (χ4n) is 1.60. The summed E-state index contributed by atoms with van der Waals surface area (Å²) in [6, 6.07) is -1.24. The van der Waals surface area contributed by atoms with Crippen LogP contribution in [-0.4, -0.2) is 42.9 Å². The van der Waals surface area contributed by atoms with Crippen molar-refractivity contribution in [3.63, 3.8) is 0 Å². The minimum atomic E-state index is -0.989. The smallest absolute Gasteiger partial charge is 0.326 e. The van der Waals surface area contributed by atoms with Gasteiger partial charge in [-0.3, -0.25) is 0 Å². The van der Waals surface area contributed by atoms with Crippen LogP contribution in [0.15, 0.2) is 0 Å². The van der Waals surface area contributed by atoms with Crippen LogP contribution in [0, 0.1) is 0 Å². The summed E-state index contributed by atoms with van der Waals surface area (Å²) < 4.78 is 5.36. The summed E-state index contributed by atoms with van der Waals surface area (Å²) in [6.45, 7) is 5.93. The first-order chi connectivity index (χ1) is 9.61. The Kier molecular flexibility index (Phi) is 11.9. The predicted octanol–water partition coefficient (Wildman–Crippen LogP) is 2.14. The number of amides is 2. The first-order valence-corrected chi connectivity index (χ1v) is 7.46. The zero-order valence-corrected chi connectivity index (χ0v) is 12.6. The average Bonchev–Trinajstić information content (AvgIpc) is 2.42. The van der Waals surface area contributed by atoms with Gasteiger partial charge in [0.05, 0.1) is 0 Å². The average molecular weight is 288 g/mol. The van der Waals surface area contributed by atoms with Gasteiger partial charge in [0.2, 0.25) is 0 Å². The molecule has 0 bridgehead atoms. The van der Waals surface area contributed by atoms with Crippen LogP contribution in [0.2, 0.25) is 0 Å². The third-order valence-electron chi connectivity index (χ3n) is 2.84. The number of ether oxygens (including phenoxy) is 1. The summed E-state index contributed by atoms with van der Waals surface area (Å²) in [6.07, 6.45) is 5.02. The Morgan fingerprint density at radius 3 is 2.35 bits per heavy atom. The van der Waals surface area contributed by atoms with Crippen molar-refractivity contribution in [3.8, 4) is 0 Å². The molecule has 6 nitrogen and oxygen atoms in total. The predicted molar refractivity (Wildman–Crippen MR) is 77.8 cm³/mol. The second-order valence-corrected chi connectivity index (χ2v) is 4.75. The van der Waals surface area contributed by atoms with E-state index in [2.05, 4.69) is 17.6 Å². The van der Waals surface area contributed by atoms with E-state index in [9.17, 15) is 9.59 Å². The first kappa shape index (κ1) is 18.7. The lowest BCUT2D eigenvalue weighted by Crippen LogP contribution is -2.46. The SMILES string of the molecule is CCCCOCCCNC(=O)NC(CCCC)C(=O)O. The Morgan fingerprint density at radius 2 is 1.75 bits per heavy atom. The van der Waals surface area contributed by atoms with E-state index < -0.39 is 18.0 Å². The van der Waals surface area contributed by atoms with E-state index in [1.54, 1.807) is 0 Å². The molecule has 0 saturated heterocycles. The highest BCUT2D eigenvalue weighted by atomic mass is 16.5. The van der Waals surface area contributed by atoms with Crippen LogP contribution in [0.4, 0.5) is 4.79 Å². The minimum absolute atomic E-state index is 0.429. The molecular weight excluding hydrogens is 260 g/mol. The lowest BCUT2D eigenvalue weighted by atomic mass is 10.1. The number of aliphatic carboxylic acids is 1. The zero-order valence-electron chi connectivity index (χ0n) is 12.6. The second kappa shape index (κ2) is 12.7. The number of unbranched alkanes of at least 4 members (excludes halogenated alkanes) is 2. The van der Waals surface area contributed by atoms with Gasteiger partial charge in [-0.15, -0.1) is 0 Å². The Labute approximate surface area is 121 Å². The monoisotopic (exact) mass is 288 g/mol. The number of carbonyl (C=O) groups is 2. The molecule has 0 aromatic heterocycles. The summed E-state index contributed by atoms with van der Waals surface area (Å²) in [5, 5.41) is 14.1. The van der Waals surface area contributed by atoms with Crippen LogP contribution in [0.5, 0.6) is 0 Å². The lowest BCUT2D eigenvalue weighted by Gasteiger charge is -2.14. The molecule has 0 aliphatic carbocycles. The van der Waals surface area contributed by atoms with Crippen molar-refractivity contribution in [2.75, 3.05) is 19.8 Å². The van der Waals surface area contributed by atoms with Crippen LogP contribution in [0.3, 0.4) is 0 Å². The molecule has 0 radical (unpaired) electrons. The van der Waals surface area contributed by atoms with Gasteiger partial charge < -0.3 is 20.5 Å². The van der Waals surface area contributed by atoms with Gasteiger partial charge in [0.25, 0.3) is 0 Å². The van der Waals surface area contributed by atoms with Crippen molar-refractivity contribution in [2.24, 2.45) is 0 Å². The van der Waals surface area contributed by atoms with Gasteiger partial charge in [-0.2, -0.15) is 0 Å². The number of rotatable bonds is 12. The minimum Gasteiger partial charge on any atom is -0.480 e. The molecule has 2 amide bonds. The summed E-state index contributed by atoms with van der Waals surface area (Å²) >= 11 is 0. The fraction of sp³-hybridized carbons (Fsp3) is 0.857. The Bertz CT molecular complexity index is 272. The highest BCUT2D eigenvalue weighted by Gasteiger charge is 2.18. The Hall–Kier alpha value is -1.30. The van der Waals surface area contributed by atoms with E-state index in [0.717, 1.165) is 38.7 Å². The van der Waals surface area contributed by atoms with Gasteiger partial charge in [0.15, 0.2) is 0 Å². The standard InChI is InChI=1S/C14H28N2O4/c1-3-5-8-12(13(17)18)16-14(19)15-9-7-11-20-10-6-4-2/h12H,3-11H2,1-2H3,(H,17,18)(H2,15,16,19). The van der Waals surface area contributed by atoms with Gasteiger partial charge in [-0.25, -0.2) is 9.59 Å². The number of carboxylic acids is 1. The van der Waals surface area contributed by atoms with Gasteiger partial charge in [-0.1, -0.05) is 33.1 Å². The maximum atomic E-state index is 11.5. The van der Waals surface area contributed by atoms with Crippen LogP contribution >= 0.6 is 0 Å². The molecule has 6 heteroatoms. The molecule has 0 rings (SSSR count). The van der Waals surface area contributed by atoms with Crippen LogP contribution in [0.25, 0.3) is 0 Å². The van der Waals surface area contributed by atoms with Crippen molar-refractivity contribution in [2.45, 2.75) is 58.4 Å². The number of nitrogens with one attached hydrogen (secondary N) is 2. The topological polar surface area (TPSA) is 87.7 Å². The molecule has 1 atom stereocenters. The van der Waals surface area contributed by atoms with Gasteiger partial charge in [-0.05, 0) is 19.3 Å². The number of urea groups is 1. The summed E-state index contributed by atoms with van der Waals surface area (Å²) in [7, 11) is 0. The van der Waals surface area contributed by atoms with Gasteiger partial charge in [0, 0.05) is 19.8 Å². The molecular formula is C14H28N2O4. The van der Waals surface area contributed by atoms with E-state index in [1.807, 2.05) is 6.92 Å². The zero-order chi connectivity index (χ0) is 15.2. The summed E-state index contributed by atoms with van der Waals surface area (Å²) in [5.41, 5.74) is 0. The quantitative estimate of drug-likeness (QED) is 0.480. The molecule has 3 N–H and O–H groups in total. The molecule has 0 aromatic rings. The van der Waals surface area contributed by atoms with Crippen molar-refractivity contribution >= 4 is 12.0 Å². The molecule has 20 heavy (non-hydrogen) atoms. The Balaban J connectivity index is 3.66. The van der Waals surface area contributed by atoms with Crippen molar-refractivity contribution in [1.82, 2.24) is 10.6 Å².